The number of aromatic amines is 1. The smallest absolute Gasteiger partial charge is 0.196 e. The highest BCUT2D eigenvalue weighted by Crippen LogP contribution is 2.40. The highest BCUT2D eigenvalue weighted by molar-refractivity contribution is 5.64. The molecule has 8 nitrogen and oxygen atoms in total. The molecule has 0 aliphatic rings. The van der Waals surface area contributed by atoms with E-state index >= 15 is 0 Å². The van der Waals surface area contributed by atoms with Gasteiger partial charge in [0.15, 0.2) is 11.6 Å². The summed E-state index contributed by atoms with van der Waals surface area (Å²) in [6.07, 6.45) is 4.14. The first kappa shape index (κ1) is 27.7. The molecule has 0 aliphatic heterocycles. The molecular formula is C30H44N8. The number of hydrogen-bond acceptors (Lipinski definition) is 5. The summed E-state index contributed by atoms with van der Waals surface area (Å²) in [5.74, 6) is 3.25. The first-order chi connectivity index (χ1) is 17.9. The third-order valence-electron chi connectivity index (χ3n) is 6.81. The maximum atomic E-state index is 4.88. The number of aromatic nitrogens is 8. The Morgan fingerprint density at radius 2 is 1.68 bits per heavy atom. The van der Waals surface area contributed by atoms with E-state index in [2.05, 4.69) is 123 Å². The Morgan fingerprint density at radius 3 is 2.24 bits per heavy atom. The lowest BCUT2D eigenvalue weighted by molar-refractivity contribution is 0.556. The van der Waals surface area contributed by atoms with Crippen LogP contribution >= 0.6 is 0 Å². The van der Waals surface area contributed by atoms with Crippen LogP contribution in [0.2, 0.25) is 0 Å². The van der Waals surface area contributed by atoms with Gasteiger partial charge in [-0.25, -0.2) is 14.8 Å². The number of tetrazole rings is 1. The Bertz CT molecular complexity index is 1330. The fourth-order valence-corrected chi connectivity index (χ4v) is 4.84. The topological polar surface area (TPSA) is 90.1 Å². The number of nitrogens with one attached hydrogen (secondary N) is 1. The molecule has 0 spiro atoms. The first-order valence-electron chi connectivity index (χ1n) is 13.9. The highest BCUT2D eigenvalue weighted by Gasteiger charge is 2.31. The second-order valence-electron chi connectivity index (χ2n) is 12.8. The minimum Gasteiger partial charge on any atom is -0.310 e. The number of benzene rings is 1. The van der Waals surface area contributed by atoms with Crippen molar-refractivity contribution < 1.29 is 0 Å². The molecule has 0 saturated carbocycles. The van der Waals surface area contributed by atoms with Gasteiger partial charge in [0, 0.05) is 29.6 Å². The van der Waals surface area contributed by atoms with E-state index in [1.54, 1.807) is 0 Å². The van der Waals surface area contributed by atoms with E-state index in [0.717, 1.165) is 48.7 Å². The molecule has 0 radical (unpaired) electrons. The van der Waals surface area contributed by atoms with E-state index in [-0.39, 0.29) is 10.8 Å². The molecule has 4 rings (SSSR count). The predicted molar refractivity (Wildman–Crippen MR) is 153 cm³/mol. The van der Waals surface area contributed by atoms with Gasteiger partial charge in [0.05, 0.1) is 12.2 Å². The van der Waals surface area contributed by atoms with Crippen LogP contribution in [0.4, 0.5) is 0 Å². The van der Waals surface area contributed by atoms with Gasteiger partial charge in [0.25, 0.3) is 0 Å². The van der Waals surface area contributed by atoms with E-state index in [0.29, 0.717) is 18.3 Å². The van der Waals surface area contributed by atoms with Crippen LogP contribution in [-0.4, -0.2) is 40.0 Å². The molecule has 0 atom stereocenters. The van der Waals surface area contributed by atoms with Crippen LogP contribution in [0.5, 0.6) is 0 Å². The summed E-state index contributed by atoms with van der Waals surface area (Å²) in [4.78, 5) is 4.88. The average molecular weight is 517 g/mol. The number of H-pyrrole nitrogens is 1. The van der Waals surface area contributed by atoms with Gasteiger partial charge in [-0.05, 0) is 57.5 Å². The van der Waals surface area contributed by atoms with Gasteiger partial charge >= 0.3 is 0 Å². The lowest BCUT2D eigenvalue weighted by Crippen LogP contribution is -2.17. The SMILES string of the molecule is CCCCc1nc(CC(C)C)nn1Cc1ccc(-n2c(C(C)(C)C)cc(C(C)(C)C)c2-c2nnn[nH]2)cc1. The number of rotatable bonds is 9. The predicted octanol–water partition coefficient (Wildman–Crippen LogP) is 6.43. The fourth-order valence-electron chi connectivity index (χ4n) is 4.84. The van der Waals surface area contributed by atoms with Crippen LogP contribution in [-0.2, 0) is 30.2 Å². The summed E-state index contributed by atoms with van der Waals surface area (Å²) in [5.41, 5.74) is 5.58. The molecule has 8 heteroatoms. The quantitative estimate of drug-likeness (QED) is 0.277. The average Bonchev–Trinajstić information content (AvgIpc) is 3.55. The Morgan fingerprint density at radius 1 is 0.974 bits per heavy atom. The summed E-state index contributed by atoms with van der Waals surface area (Å²) >= 11 is 0. The van der Waals surface area contributed by atoms with Crippen LogP contribution in [0.25, 0.3) is 17.2 Å². The lowest BCUT2D eigenvalue weighted by atomic mass is 9.85. The summed E-state index contributed by atoms with van der Waals surface area (Å²) < 4.78 is 4.41. The van der Waals surface area contributed by atoms with Gasteiger partial charge < -0.3 is 4.57 Å². The van der Waals surface area contributed by atoms with Crippen molar-refractivity contribution in [2.75, 3.05) is 0 Å². The largest absolute Gasteiger partial charge is 0.310 e. The monoisotopic (exact) mass is 516 g/mol. The van der Waals surface area contributed by atoms with Crippen LogP contribution in [0.3, 0.4) is 0 Å². The Kier molecular flexibility index (Phi) is 7.90. The molecule has 38 heavy (non-hydrogen) atoms. The zero-order valence-electron chi connectivity index (χ0n) is 24.6. The normalized spacial score (nSPS) is 12.6. The van der Waals surface area contributed by atoms with Gasteiger partial charge in [-0.1, -0.05) is 80.9 Å². The molecule has 0 bridgehead atoms. The minimum absolute atomic E-state index is 0.0773. The molecule has 0 aliphatic carbocycles. The second kappa shape index (κ2) is 10.8. The number of unbranched alkanes of at least 4 members (excludes halogenated alkanes) is 1. The van der Waals surface area contributed by atoms with Crippen LogP contribution < -0.4 is 0 Å². The number of hydrogen-bond donors (Lipinski definition) is 1. The zero-order chi connectivity index (χ0) is 27.7. The third kappa shape index (κ3) is 6.05. The molecule has 204 valence electrons. The molecule has 4 aromatic rings. The first-order valence-corrected chi connectivity index (χ1v) is 13.9. The maximum Gasteiger partial charge on any atom is 0.196 e. The van der Waals surface area contributed by atoms with Crippen molar-refractivity contribution in [1.82, 2.24) is 40.0 Å². The standard InChI is InChI=1S/C30H44N8/c1-10-11-12-26-31-25(17-20(2)3)34-37(26)19-21-13-15-22(16-14-21)38-24(30(7,8)9)18-23(29(4,5)6)27(38)28-32-35-36-33-28/h13-16,18,20H,10-12,17,19H2,1-9H3,(H,32,33,35,36). The van der Waals surface area contributed by atoms with Crippen molar-refractivity contribution in [2.24, 2.45) is 5.92 Å². The summed E-state index contributed by atoms with van der Waals surface area (Å²) in [6.45, 7) is 20.8. The van der Waals surface area contributed by atoms with Crippen molar-refractivity contribution >= 4 is 0 Å². The molecule has 1 aromatic carbocycles. The van der Waals surface area contributed by atoms with Crippen LogP contribution in [0.1, 0.15) is 104 Å². The molecule has 0 saturated heterocycles. The zero-order valence-corrected chi connectivity index (χ0v) is 24.6. The van der Waals surface area contributed by atoms with E-state index < -0.39 is 0 Å². The highest BCUT2D eigenvalue weighted by atomic mass is 15.5. The van der Waals surface area contributed by atoms with Crippen molar-refractivity contribution in [1.29, 1.82) is 0 Å². The summed E-state index contributed by atoms with van der Waals surface area (Å²) in [5, 5.41) is 20.0. The molecule has 0 amide bonds. The van der Waals surface area contributed by atoms with Gasteiger partial charge in [0.2, 0.25) is 0 Å². The molecule has 1 N–H and O–H groups in total. The minimum atomic E-state index is -0.0804. The molecular weight excluding hydrogens is 472 g/mol. The summed E-state index contributed by atoms with van der Waals surface area (Å²) in [7, 11) is 0. The summed E-state index contributed by atoms with van der Waals surface area (Å²) in [6, 6.07) is 11.1. The third-order valence-corrected chi connectivity index (χ3v) is 6.81. The van der Waals surface area contributed by atoms with Gasteiger partial charge in [-0.3, -0.25) is 0 Å². The molecule has 0 fully saturated rings. The Hall–Kier alpha value is -3.29. The molecule has 3 heterocycles. The van der Waals surface area contributed by atoms with E-state index in [9.17, 15) is 0 Å². The fraction of sp³-hybridized carbons (Fsp3) is 0.567. The number of nitrogens with zero attached hydrogens (tertiary/aromatic N) is 7. The lowest BCUT2D eigenvalue weighted by Gasteiger charge is -2.23. The van der Waals surface area contributed by atoms with Gasteiger partial charge in [-0.15, -0.1) is 5.10 Å². The van der Waals surface area contributed by atoms with Crippen LogP contribution in [0, 0.1) is 5.92 Å². The van der Waals surface area contributed by atoms with E-state index in [4.69, 9.17) is 10.1 Å². The second-order valence-corrected chi connectivity index (χ2v) is 12.8. The molecule has 0 unspecified atom stereocenters. The molecule has 3 aromatic heterocycles. The van der Waals surface area contributed by atoms with Crippen molar-refractivity contribution in [3.63, 3.8) is 0 Å². The van der Waals surface area contributed by atoms with Crippen molar-refractivity contribution in [3.05, 3.63) is 58.8 Å². The van der Waals surface area contributed by atoms with Crippen LogP contribution in [0.15, 0.2) is 30.3 Å². The van der Waals surface area contributed by atoms with Crippen molar-refractivity contribution in [3.8, 4) is 17.2 Å². The van der Waals surface area contributed by atoms with Crippen molar-refractivity contribution in [2.45, 2.75) is 105 Å². The number of aryl methyl sites for hydroxylation is 1. The van der Waals surface area contributed by atoms with Gasteiger partial charge in [-0.2, -0.15) is 5.10 Å². The Labute approximate surface area is 227 Å². The van der Waals surface area contributed by atoms with E-state index in [1.807, 2.05) is 0 Å². The van der Waals surface area contributed by atoms with Gasteiger partial charge in [0.1, 0.15) is 5.82 Å². The Balaban J connectivity index is 1.75. The van der Waals surface area contributed by atoms with E-state index in [1.165, 1.54) is 16.8 Å². The maximum absolute atomic E-state index is 4.88.